The van der Waals surface area contributed by atoms with E-state index in [1.807, 2.05) is 12.1 Å². The lowest BCUT2D eigenvalue weighted by Gasteiger charge is -2.20. The van der Waals surface area contributed by atoms with Gasteiger partial charge >= 0.3 is 0 Å². The number of aryl methyl sites for hydroxylation is 1. The molecule has 1 saturated heterocycles. The van der Waals surface area contributed by atoms with E-state index in [2.05, 4.69) is 28.2 Å². The Hall–Kier alpha value is -1.95. The average Bonchev–Trinajstić information content (AvgIpc) is 3.03. The van der Waals surface area contributed by atoms with Crippen LogP contribution < -0.4 is 14.8 Å². The van der Waals surface area contributed by atoms with Gasteiger partial charge in [0.2, 0.25) is 0 Å². The highest BCUT2D eigenvalue weighted by Gasteiger charge is 2.22. The summed E-state index contributed by atoms with van der Waals surface area (Å²) in [5.41, 5.74) is 1.21. The zero-order valence-electron chi connectivity index (χ0n) is 14.9. The molecule has 1 aliphatic rings. The van der Waals surface area contributed by atoms with Gasteiger partial charge in [-0.3, -0.25) is 4.99 Å². The summed E-state index contributed by atoms with van der Waals surface area (Å²) in [7, 11) is 3.29. The van der Waals surface area contributed by atoms with Crippen molar-refractivity contribution in [2.45, 2.75) is 32.3 Å². The summed E-state index contributed by atoms with van der Waals surface area (Å²) in [6.07, 6.45) is 2.48. The normalized spacial score (nSPS) is 17.9. The summed E-state index contributed by atoms with van der Waals surface area (Å²) in [4.78, 5) is 6.82. The van der Waals surface area contributed by atoms with E-state index in [-0.39, 0.29) is 6.10 Å². The third kappa shape index (κ3) is 5.03. The number of ether oxygens (including phenoxy) is 2. The van der Waals surface area contributed by atoms with Gasteiger partial charge in [0, 0.05) is 26.2 Å². The van der Waals surface area contributed by atoms with Gasteiger partial charge < -0.3 is 24.8 Å². The predicted octanol–water partition coefficient (Wildman–Crippen LogP) is 1.67. The monoisotopic (exact) mass is 335 g/mol. The molecule has 134 valence electrons. The minimum Gasteiger partial charge on any atom is -0.493 e. The highest BCUT2D eigenvalue weighted by Crippen LogP contribution is 2.27. The first-order chi connectivity index (χ1) is 11.7. The van der Waals surface area contributed by atoms with Crippen molar-refractivity contribution in [2.75, 3.05) is 40.4 Å². The minimum atomic E-state index is -0.236. The van der Waals surface area contributed by atoms with Crippen LogP contribution in [0.4, 0.5) is 0 Å². The Morgan fingerprint density at radius 3 is 2.75 bits per heavy atom. The molecule has 2 rings (SSSR count). The summed E-state index contributed by atoms with van der Waals surface area (Å²) in [5.74, 6) is 2.42. The van der Waals surface area contributed by atoms with Crippen LogP contribution >= 0.6 is 0 Å². The Morgan fingerprint density at radius 2 is 2.12 bits per heavy atom. The maximum Gasteiger partial charge on any atom is 0.194 e. The van der Waals surface area contributed by atoms with Crippen molar-refractivity contribution < 1.29 is 14.6 Å². The summed E-state index contributed by atoms with van der Waals surface area (Å²) < 4.78 is 10.6. The topological polar surface area (TPSA) is 66.3 Å². The molecule has 0 aliphatic carbocycles. The number of hydrogen-bond acceptors (Lipinski definition) is 4. The Morgan fingerprint density at radius 1 is 1.33 bits per heavy atom. The molecule has 1 aliphatic heterocycles. The zero-order chi connectivity index (χ0) is 17.4. The largest absolute Gasteiger partial charge is 0.493 e. The van der Waals surface area contributed by atoms with Gasteiger partial charge in [-0.2, -0.15) is 0 Å². The fourth-order valence-electron chi connectivity index (χ4n) is 2.86. The number of methoxy groups -OCH3 is 2. The molecule has 1 atom stereocenters. The van der Waals surface area contributed by atoms with Gasteiger partial charge in [0.15, 0.2) is 17.5 Å². The fraction of sp³-hybridized carbons (Fsp3) is 0.611. The van der Waals surface area contributed by atoms with E-state index in [0.717, 1.165) is 56.4 Å². The molecule has 6 heteroatoms. The summed E-state index contributed by atoms with van der Waals surface area (Å²) in [6.45, 7) is 5.18. The zero-order valence-corrected chi connectivity index (χ0v) is 14.9. The van der Waals surface area contributed by atoms with Crippen molar-refractivity contribution in [1.29, 1.82) is 0 Å². The van der Waals surface area contributed by atoms with E-state index >= 15 is 0 Å². The van der Waals surface area contributed by atoms with Crippen LogP contribution in [-0.2, 0) is 6.42 Å². The van der Waals surface area contributed by atoms with E-state index < -0.39 is 0 Å². The summed E-state index contributed by atoms with van der Waals surface area (Å²) in [6, 6.07) is 6.02. The van der Waals surface area contributed by atoms with E-state index in [1.165, 1.54) is 5.56 Å². The van der Waals surface area contributed by atoms with Gasteiger partial charge in [0.25, 0.3) is 0 Å². The molecular weight excluding hydrogens is 306 g/mol. The molecule has 0 saturated carbocycles. The number of likely N-dealkylation sites (tertiary alicyclic amines) is 1. The van der Waals surface area contributed by atoms with E-state index in [9.17, 15) is 5.11 Å². The molecule has 2 N–H and O–H groups in total. The van der Waals surface area contributed by atoms with Crippen LogP contribution in [0.1, 0.15) is 25.3 Å². The third-order valence-corrected chi connectivity index (χ3v) is 4.13. The molecule has 0 aromatic heterocycles. The highest BCUT2D eigenvalue weighted by molar-refractivity contribution is 5.80. The van der Waals surface area contributed by atoms with Crippen molar-refractivity contribution in [3.05, 3.63) is 23.8 Å². The third-order valence-electron chi connectivity index (χ3n) is 4.13. The van der Waals surface area contributed by atoms with Crippen molar-refractivity contribution >= 4 is 5.96 Å². The number of aliphatic hydroxyl groups is 1. The molecule has 0 unspecified atom stereocenters. The lowest BCUT2D eigenvalue weighted by atomic mass is 10.1. The number of β-amino-alcohol motifs (C(OH)–C–C–N with tert-alkyl or cyclic N) is 1. The second kappa shape index (κ2) is 9.37. The van der Waals surface area contributed by atoms with Gasteiger partial charge in [-0.25, -0.2) is 0 Å². The Kier molecular flexibility index (Phi) is 7.18. The first kappa shape index (κ1) is 18.4. The molecule has 6 nitrogen and oxygen atoms in total. The van der Waals surface area contributed by atoms with Gasteiger partial charge in [0.05, 0.1) is 20.3 Å². The lowest BCUT2D eigenvalue weighted by Crippen LogP contribution is -2.40. The second-order valence-electron chi connectivity index (χ2n) is 5.92. The molecular formula is C18H29N3O3. The summed E-state index contributed by atoms with van der Waals surface area (Å²) >= 11 is 0. The molecule has 1 fully saturated rings. The van der Waals surface area contributed by atoms with Gasteiger partial charge in [0.1, 0.15) is 0 Å². The second-order valence-corrected chi connectivity index (χ2v) is 5.92. The maximum atomic E-state index is 9.68. The molecule has 1 heterocycles. The molecule has 0 amide bonds. The number of aliphatic hydroxyl groups excluding tert-OH is 1. The SMILES string of the molecule is CCNC(=NCCCc1ccc(OC)c(OC)c1)N1CC[C@@H](O)C1. The number of hydrogen-bond donors (Lipinski definition) is 2. The number of aliphatic imine (C=N–C) groups is 1. The average molecular weight is 335 g/mol. The van der Waals surface area contributed by atoms with Crippen LogP contribution in [0.25, 0.3) is 0 Å². The van der Waals surface area contributed by atoms with Crippen LogP contribution in [0, 0.1) is 0 Å². The van der Waals surface area contributed by atoms with Crippen LogP contribution in [0.5, 0.6) is 11.5 Å². The van der Waals surface area contributed by atoms with Crippen LogP contribution in [0.15, 0.2) is 23.2 Å². The smallest absolute Gasteiger partial charge is 0.194 e. The van der Waals surface area contributed by atoms with Crippen LogP contribution in [0.3, 0.4) is 0 Å². The number of benzene rings is 1. The Labute approximate surface area is 144 Å². The molecule has 0 spiro atoms. The quantitative estimate of drug-likeness (QED) is 0.451. The molecule has 0 radical (unpaired) electrons. The van der Waals surface area contributed by atoms with E-state index in [1.54, 1.807) is 14.2 Å². The van der Waals surface area contributed by atoms with Crippen molar-refractivity contribution in [1.82, 2.24) is 10.2 Å². The maximum absolute atomic E-state index is 9.68. The van der Waals surface area contributed by atoms with Gasteiger partial charge in [-0.15, -0.1) is 0 Å². The van der Waals surface area contributed by atoms with E-state index in [4.69, 9.17) is 9.47 Å². The fourth-order valence-corrected chi connectivity index (χ4v) is 2.86. The first-order valence-corrected chi connectivity index (χ1v) is 8.60. The van der Waals surface area contributed by atoms with Crippen molar-refractivity contribution in [3.63, 3.8) is 0 Å². The summed E-state index contributed by atoms with van der Waals surface area (Å²) in [5, 5.41) is 13.0. The number of nitrogens with one attached hydrogen (secondary N) is 1. The first-order valence-electron chi connectivity index (χ1n) is 8.60. The minimum absolute atomic E-state index is 0.236. The van der Waals surface area contributed by atoms with E-state index in [0.29, 0.717) is 6.54 Å². The number of guanidine groups is 1. The molecule has 1 aromatic rings. The van der Waals surface area contributed by atoms with Gasteiger partial charge in [-0.1, -0.05) is 6.07 Å². The Bertz CT molecular complexity index is 548. The number of nitrogens with zero attached hydrogens (tertiary/aromatic N) is 2. The number of rotatable bonds is 7. The molecule has 0 bridgehead atoms. The molecule has 24 heavy (non-hydrogen) atoms. The standard InChI is InChI=1S/C18H29N3O3/c1-4-19-18(21-11-9-15(22)13-21)20-10-5-6-14-7-8-16(23-2)17(12-14)24-3/h7-8,12,15,22H,4-6,9-11,13H2,1-3H3,(H,19,20)/t15-/m1/s1. The van der Waals surface area contributed by atoms with Crippen molar-refractivity contribution in [3.8, 4) is 11.5 Å². The van der Waals surface area contributed by atoms with Crippen molar-refractivity contribution in [2.24, 2.45) is 4.99 Å². The lowest BCUT2D eigenvalue weighted by molar-refractivity contribution is 0.188. The highest BCUT2D eigenvalue weighted by atomic mass is 16.5. The van der Waals surface area contributed by atoms with Gasteiger partial charge in [-0.05, 0) is 43.9 Å². The molecule has 1 aromatic carbocycles. The Balaban J connectivity index is 1.87. The predicted molar refractivity (Wildman–Crippen MR) is 96.0 cm³/mol. The van der Waals surface area contributed by atoms with Crippen LogP contribution in [0.2, 0.25) is 0 Å². The van der Waals surface area contributed by atoms with Crippen LogP contribution in [-0.4, -0.2) is 62.5 Å².